The molecule has 0 aromatic heterocycles. The van der Waals surface area contributed by atoms with Crippen LogP contribution in [0.5, 0.6) is 0 Å². The third-order valence-corrected chi connectivity index (χ3v) is 3.37. The van der Waals surface area contributed by atoms with E-state index in [0.717, 1.165) is 13.0 Å². The summed E-state index contributed by atoms with van der Waals surface area (Å²) in [5.74, 6) is 2.21. The second-order valence-electron chi connectivity index (χ2n) is 5.96. The van der Waals surface area contributed by atoms with Crippen LogP contribution in [-0.2, 0) is 4.79 Å². The van der Waals surface area contributed by atoms with Gasteiger partial charge in [-0.05, 0) is 36.6 Å². The number of nitrogens with one attached hydrogen (secondary N) is 1. The van der Waals surface area contributed by atoms with Crippen LogP contribution in [0.15, 0.2) is 0 Å². The summed E-state index contributed by atoms with van der Waals surface area (Å²) in [6.07, 6.45) is 1.60. The van der Waals surface area contributed by atoms with Gasteiger partial charge in [0.05, 0.1) is 0 Å². The molecule has 3 nitrogen and oxygen atoms in total. The van der Waals surface area contributed by atoms with E-state index in [0.29, 0.717) is 36.6 Å². The number of rotatable bonds is 8. The van der Waals surface area contributed by atoms with Crippen molar-refractivity contribution in [3.63, 3.8) is 0 Å². The van der Waals surface area contributed by atoms with Gasteiger partial charge in [0.15, 0.2) is 0 Å². The molecule has 2 atom stereocenters. The predicted octanol–water partition coefficient (Wildman–Crippen LogP) is 2.41. The summed E-state index contributed by atoms with van der Waals surface area (Å²) in [6, 6.07) is 0. The van der Waals surface area contributed by atoms with E-state index in [1.165, 1.54) is 0 Å². The van der Waals surface area contributed by atoms with Gasteiger partial charge in [0.2, 0.25) is 5.91 Å². The quantitative estimate of drug-likeness (QED) is 0.687. The van der Waals surface area contributed by atoms with Crippen molar-refractivity contribution in [3.05, 3.63) is 0 Å². The average molecular weight is 242 g/mol. The van der Waals surface area contributed by atoms with E-state index >= 15 is 0 Å². The Bertz CT molecular complexity index is 214. The van der Waals surface area contributed by atoms with Gasteiger partial charge in [-0.25, -0.2) is 0 Å². The van der Waals surface area contributed by atoms with Gasteiger partial charge in [0.1, 0.15) is 0 Å². The maximum Gasteiger partial charge on any atom is 0.220 e. The van der Waals surface area contributed by atoms with E-state index in [4.69, 9.17) is 5.73 Å². The number of nitrogens with two attached hydrogens (primary N) is 1. The summed E-state index contributed by atoms with van der Waals surface area (Å²) >= 11 is 0. The van der Waals surface area contributed by atoms with Crippen molar-refractivity contribution in [2.45, 2.75) is 47.5 Å². The molecule has 0 aliphatic rings. The lowest BCUT2D eigenvalue weighted by Gasteiger charge is -2.19. The van der Waals surface area contributed by atoms with Crippen LogP contribution in [-0.4, -0.2) is 19.0 Å². The van der Waals surface area contributed by atoms with Gasteiger partial charge in [0.25, 0.3) is 0 Å². The predicted molar refractivity (Wildman–Crippen MR) is 73.6 cm³/mol. The van der Waals surface area contributed by atoms with Gasteiger partial charge < -0.3 is 11.1 Å². The molecule has 0 saturated heterocycles. The average Bonchev–Trinajstić information content (AvgIpc) is 2.23. The molecule has 0 spiro atoms. The molecule has 1 unspecified atom stereocenters. The van der Waals surface area contributed by atoms with Crippen LogP contribution in [0.2, 0.25) is 0 Å². The third-order valence-electron chi connectivity index (χ3n) is 3.37. The minimum Gasteiger partial charge on any atom is -0.356 e. The van der Waals surface area contributed by atoms with E-state index in [1.807, 2.05) is 0 Å². The van der Waals surface area contributed by atoms with Crippen molar-refractivity contribution < 1.29 is 4.79 Å². The lowest BCUT2D eigenvalue weighted by atomic mass is 9.93. The van der Waals surface area contributed by atoms with Crippen LogP contribution < -0.4 is 11.1 Å². The van der Waals surface area contributed by atoms with Crippen LogP contribution >= 0.6 is 0 Å². The first-order chi connectivity index (χ1) is 7.86. The second kappa shape index (κ2) is 8.51. The Kier molecular flexibility index (Phi) is 8.23. The zero-order chi connectivity index (χ0) is 13.4. The second-order valence-corrected chi connectivity index (χ2v) is 5.96. The summed E-state index contributed by atoms with van der Waals surface area (Å²) < 4.78 is 0. The molecule has 0 fully saturated rings. The summed E-state index contributed by atoms with van der Waals surface area (Å²) in [5.41, 5.74) is 5.69. The molecular formula is C14H30N2O. The first kappa shape index (κ1) is 16.4. The van der Waals surface area contributed by atoms with Crippen LogP contribution in [0.3, 0.4) is 0 Å². The Morgan fingerprint density at radius 1 is 1.18 bits per heavy atom. The standard InChI is InChI=1S/C14H30N2O/c1-10(2)6-13(8-15)7-14(17)16-9-12(5)11(3)4/h10-13H,6-9,15H2,1-5H3,(H,16,17)/t12?,13-/m0/s1. The minimum atomic E-state index is 0.147. The smallest absolute Gasteiger partial charge is 0.220 e. The molecular weight excluding hydrogens is 212 g/mol. The van der Waals surface area contributed by atoms with Crippen LogP contribution in [0, 0.1) is 23.7 Å². The van der Waals surface area contributed by atoms with Gasteiger partial charge in [0, 0.05) is 13.0 Å². The molecule has 0 bridgehead atoms. The van der Waals surface area contributed by atoms with Gasteiger partial charge in [-0.2, -0.15) is 0 Å². The highest BCUT2D eigenvalue weighted by atomic mass is 16.1. The first-order valence-electron chi connectivity index (χ1n) is 6.83. The van der Waals surface area contributed by atoms with Crippen molar-refractivity contribution in [1.29, 1.82) is 0 Å². The van der Waals surface area contributed by atoms with Crippen LogP contribution in [0.25, 0.3) is 0 Å². The molecule has 0 saturated carbocycles. The number of carbonyl (C=O) groups is 1. The van der Waals surface area contributed by atoms with Gasteiger partial charge in [-0.15, -0.1) is 0 Å². The topological polar surface area (TPSA) is 55.1 Å². The Hall–Kier alpha value is -0.570. The number of carbonyl (C=O) groups excluding carboxylic acids is 1. The van der Waals surface area contributed by atoms with Crippen molar-refractivity contribution in [3.8, 4) is 0 Å². The van der Waals surface area contributed by atoms with E-state index in [1.54, 1.807) is 0 Å². The number of hydrogen-bond acceptors (Lipinski definition) is 2. The molecule has 0 aliphatic carbocycles. The third kappa shape index (κ3) is 8.19. The molecule has 0 heterocycles. The summed E-state index contributed by atoms with van der Waals surface area (Å²) in [4.78, 5) is 11.8. The van der Waals surface area contributed by atoms with Crippen molar-refractivity contribution >= 4 is 5.91 Å². The van der Waals surface area contributed by atoms with Crippen LogP contribution in [0.1, 0.15) is 47.5 Å². The highest BCUT2D eigenvalue weighted by molar-refractivity contribution is 5.76. The van der Waals surface area contributed by atoms with Crippen LogP contribution in [0.4, 0.5) is 0 Å². The molecule has 0 aromatic carbocycles. The first-order valence-corrected chi connectivity index (χ1v) is 6.83. The number of amides is 1. The fourth-order valence-corrected chi connectivity index (χ4v) is 1.77. The highest BCUT2D eigenvalue weighted by Crippen LogP contribution is 2.14. The SMILES string of the molecule is CC(C)C[C@H](CN)CC(=O)NCC(C)C(C)C. The molecule has 1 amide bonds. The summed E-state index contributed by atoms with van der Waals surface area (Å²) in [5, 5.41) is 3.01. The Morgan fingerprint density at radius 2 is 1.76 bits per heavy atom. The normalized spacial score (nSPS) is 15.1. The molecule has 17 heavy (non-hydrogen) atoms. The Labute approximate surface area is 107 Å². The highest BCUT2D eigenvalue weighted by Gasteiger charge is 2.15. The lowest BCUT2D eigenvalue weighted by molar-refractivity contribution is -0.122. The van der Waals surface area contributed by atoms with E-state index in [9.17, 15) is 4.79 Å². The molecule has 0 radical (unpaired) electrons. The van der Waals surface area contributed by atoms with Crippen molar-refractivity contribution in [2.24, 2.45) is 29.4 Å². The van der Waals surface area contributed by atoms with Gasteiger partial charge in [-0.3, -0.25) is 4.79 Å². The Morgan fingerprint density at radius 3 is 2.18 bits per heavy atom. The molecule has 3 N–H and O–H groups in total. The lowest BCUT2D eigenvalue weighted by Crippen LogP contribution is -2.33. The van der Waals surface area contributed by atoms with Crippen molar-refractivity contribution in [1.82, 2.24) is 5.32 Å². The maximum absolute atomic E-state index is 11.8. The Balaban J connectivity index is 3.90. The van der Waals surface area contributed by atoms with E-state index in [2.05, 4.69) is 39.9 Å². The van der Waals surface area contributed by atoms with E-state index in [-0.39, 0.29) is 5.91 Å². The fraction of sp³-hybridized carbons (Fsp3) is 0.929. The molecule has 3 heteroatoms. The van der Waals surface area contributed by atoms with E-state index < -0.39 is 0 Å². The fourth-order valence-electron chi connectivity index (χ4n) is 1.77. The molecule has 0 rings (SSSR count). The maximum atomic E-state index is 11.8. The number of hydrogen-bond donors (Lipinski definition) is 2. The zero-order valence-electron chi connectivity index (χ0n) is 12.1. The monoisotopic (exact) mass is 242 g/mol. The zero-order valence-corrected chi connectivity index (χ0v) is 12.1. The summed E-state index contributed by atoms with van der Waals surface area (Å²) in [6.45, 7) is 12.2. The molecule has 0 aromatic rings. The summed E-state index contributed by atoms with van der Waals surface area (Å²) in [7, 11) is 0. The van der Waals surface area contributed by atoms with Gasteiger partial charge >= 0.3 is 0 Å². The van der Waals surface area contributed by atoms with Crippen molar-refractivity contribution in [2.75, 3.05) is 13.1 Å². The molecule has 102 valence electrons. The minimum absolute atomic E-state index is 0.147. The largest absolute Gasteiger partial charge is 0.356 e. The van der Waals surface area contributed by atoms with Gasteiger partial charge in [-0.1, -0.05) is 34.6 Å². The molecule has 0 aliphatic heterocycles.